The molecule has 1 amide bonds. The van der Waals surface area contributed by atoms with Crippen LogP contribution in [0.1, 0.15) is 46.8 Å². The minimum Gasteiger partial charge on any atom is -0.321 e. The maximum atomic E-state index is 13.3. The van der Waals surface area contributed by atoms with Crippen LogP contribution >= 0.6 is 11.3 Å². The molecule has 6 heteroatoms. The van der Waals surface area contributed by atoms with Crippen molar-refractivity contribution in [3.63, 3.8) is 0 Å². The monoisotopic (exact) mass is 417 g/mol. The number of amides is 1. The van der Waals surface area contributed by atoms with Gasteiger partial charge in [-0.15, -0.1) is 11.3 Å². The first-order valence-corrected chi connectivity index (χ1v) is 10.7. The molecule has 0 aliphatic heterocycles. The van der Waals surface area contributed by atoms with Gasteiger partial charge in [-0.2, -0.15) is 0 Å². The van der Waals surface area contributed by atoms with Crippen LogP contribution < -0.4 is 10.9 Å². The van der Waals surface area contributed by atoms with E-state index in [0.29, 0.717) is 4.96 Å². The van der Waals surface area contributed by atoms with E-state index in [4.69, 9.17) is 0 Å². The van der Waals surface area contributed by atoms with E-state index in [1.54, 1.807) is 0 Å². The Hall–Kier alpha value is -3.25. The summed E-state index contributed by atoms with van der Waals surface area (Å²) >= 11 is 1.38. The van der Waals surface area contributed by atoms with Gasteiger partial charge in [0.1, 0.15) is 5.56 Å². The highest BCUT2D eigenvalue weighted by Gasteiger charge is 2.19. The maximum Gasteiger partial charge on any atom is 0.271 e. The fourth-order valence-electron chi connectivity index (χ4n) is 3.50. The fourth-order valence-corrected chi connectivity index (χ4v) is 4.36. The lowest BCUT2D eigenvalue weighted by Gasteiger charge is -2.16. The lowest BCUT2D eigenvalue weighted by Crippen LogP contribution is -2.27. The fraction of sp³-hybridized carbons (Fsp3) is 0.208. The number of rotatable bonds is 4. The van der Waals surface area contributed by atoms with E-state index in [0.717, 1.165) is 33.6 Å². The molecule has 0 atom stereocenters. The molecule has 2 heterocycles. The van der Waals surface area contributed by atoms with Crippen LogP contribution in [0.25, 0.3) is 16.2 Å². The van der Waals surface area contributed by atoms with Crippen LogP contribution in [0.3, 0.4) is 0 Å². The van der Waals surface area contributed by atoms with Crippen LogP contribution in [-0.2, 0) is 0 Å². The van der Waals surface area contributed by atoms with Crippen molar-refractivity contribution in [2.45, 2.75) is 33.6 Å². The Morgan fingerprint density at radius 3 is 2.53 bits per heavy atom. The Balaban J connectivity index is 1.78. The normalized spacial score (nSPS) is 11.2. The third-order valence-electron chi connectivity index (χ3n) is 5.20. The highest BCUT2D eigenvalue weighted by atomic mass is 32.1. The molecule has 1 N–H and O–H groups in total. The standard InChI is InChI=1S/C24H23N3O2S/c1-14(2)18-7-5-6-16(4)21(18)26-22(28)19-12-25-24-27(23(19)29)20(13-30-24)17-10-8-15(3)9-11-17/h5-14H,1-4H3,(H,26,28). The van der Waals surface area contributed by atoms with Crippen molar-refractivity contribution in [1.82, 2.24) is 9.38 Å². The summed E-state index contributed by atoms with van der Waals surface area (Å²) in [5.41, 5.74) is 5.20. The van der Waals surface area contributed by atoms with Crippen molar-refractivity contribution in [3.05, 3.63) is 86.6 Å². The Morgan fingerprint density at radius 1 is 1.10 bits per heavy atom. The third-order valence-corrected chi connectivity index (χ3v) is 6.04. The molecule has 30 heavy (non-hydrogen) atoms. The molecule has 2 aromatic carbocycles. The Kier molecular flexibility index (Phi) is 5.26. The molecule has 4 aromatic rings. The number of fused-ring (bicyclic) bond motifs is 1. The van der Waals surface area contributed by atoms with Crippen LogP contribution in [0.5, 0.6) is 0 Å². The van der Waals surface area contributed by atoms with Gasteiger partial charge < -0.3 is 5.32 Å². The van der Waals surface area contributed by atoms with Crippen molar-refractivity contribution in [3.8, 4) is 11.3 Å². The second-order valence-electron chi connectivity index (χ2n) is 7.73. The van der Waals surface area contributed by atoms with Crippen LogP contribution in [0.2, 0.25) is 0 Å². The second kappa shape index (κ2) is 7.88. The van der Waals surface area contributed by atoms with Crippen molar-refractivity contribution < 1.29 is 4.79 Å². The molecule has 0 saturated heterocycles. The van der Waals surface area contributed by atoms with Crippen molar-refractivity contribution in [2.24, 2.45) is 0 Å². The van der Waals surface area contributed by atoms with E-state index in [2.05, 4.69) is 24.1 Å². The third kappa shape index (κ3) is 3.55. The zero-order valence-electron chi connectivity index (χ0n) is 17.4. The zero-order chi connectivity index (χ0) is 21.4. The summed E-state index contributed by atoms with van der Waals surface area (Å²) in [7, 11) is 0. The largest absolute Gasteiger partial charge is 0.321 e. The average molecular weight is 418 g/mol. The number of carbonyl (C=O) groups excluding carboxylic acids is 1. The van der Waals surface area contributed by atoms with Crippen LogP contribution in [0.4, 0.5) is 5.69 Å². The van der Waals surface area contributed by atoms with Gasteiger partial charge in [0, 0.05) is 17.3 Å². The minimum absolute atomic E-state index is 0.0252. The summed E-state index contributed by atoms with van der Waals surface area (Å²) < 4.78 is 1.52. The first-order chi connectivity index (χ1) is 14.4. The lowest BCUT2D eigenvalue weighted by molar-refractivity contribution is 0.102. The Labute approximate surface area is 179 Å². The quantitative estimate of drug-likeness (QED) is 0.482. The van der Waals surface area contributed by atoms with E-state index in [9.17, 15) is 9.59 Å². The van der Waals surface area contributed by atoms with Gasteiger partial charge in [0.05, 0.1) is 5.69 Å². The van der Waals surface area contributed by atoms with Gasteiger partial charge in [0.2, 0.25) is 0 Å². The summed E-state index contributed by atoms with van der Waals surface area (Å²) in [5, 5.41) is 4.85. The van der Waals surface area contributed by atoms with Gasteiger partial charge in [0.15, 0.2) is 4.96 Å². The number of aryl methyl sites for hydroxylation is 2. The number of hydrogen-bond acceptors (Lipinski definition) is 4. The Morgan fingerprint density at radius 2 is 1.83 bits per heavy atom. The second-order valence-corrected chi connectivity index (χ2v) is 8.57. The van der Waals surface area contributed by atoms with E-state index < -0.39 is 5.91 Å². The molecule has 4 rings (SSSR count). The van der Waals surface area contributed by atoms with Gasteiger partial charge >= 0.3 is 0 Å². The molecule has 0 spiro atoms. The number of aromatic nitrogens is 2. The molecule has 0 saturated carbocycles. The number of anilines is 1. The SMILES string of the molecule is Cc1ccc(-c2csc3ncc(C(=O)Nc4c(C)cccc4C(C)C)c(=O)n23)cc1. The van der Waals surface area contributed by atoms with E-state index >= 15 is 0 Å². The molecule has 0 aliphatic rings. The van der Waals surface area contributed by atoms with Crippen LogP contribution in [0.15, 0.2) is 58.8 Å². The summed E-state index contributed by atoms with van der Waals surface area (Å²) in [5.74, 6) is -0.203. The number of benzene rings is 2. The number of para-hydroxylation sites is 1. The van der Waals surface area contributed by atoms with Gasteiger partial charge in [-0.25, -0.2) is 4.98 Å². The predicted molar refractivity (Wildman–Crippen MR) is 123 cm³/mol. The topological polar surface area (TPSA) is 63.5 Å². The number of carbonyl (C=O) groups is 1. The van der Waals surface area contributed by atoms with Crippen molar-refractivity contribution in [2.75, 3.05) is 5.32 Å². The molecular formula is C24H23N3O2S. The molecule has 0 fully saturated rings. The summed E-state index contributed by atoms with van der Waals surface area (Å²) in [6, 6.07) is 13.9. The number of thiazole rings is 1. The van der Waals surface area contributed by atoms with E-state index in [1.807, 2.05) is 61.7 Å². The van der Waals surface area contributed by atoms with E-state index in [1.165, 1.54) is 21.9 Å². The summed E-state index contributed by atoms with van der Waals surface area (Å²) in [6.07, 6.45) is 1.37. The van der Waals surface area contributed by atoms with Crippen molar-refractivity contribution >= 4 is 27.9 Å². The maximum absolute atomic E-state index is 13.3. The predicted octanol–water partition coefficient (Wildman–Crippen LogP) is 5.42. The average Bonchev–Trinajstić information content (AvgIpc) is 3.15. The van der Waals surface area contributed by atoms with Gasteiger partial charge in [-0.05, 0) is 36.5 Å². The molecule has 0 bridgehead atoms. The lowest BCUT2D eigenvalue weighted by atomic mass is 9.98. The first kappa shape index (κ1) is 20.0. The van der Waals surface area contributed by atoms with Crippen LogP contribution in [0, 0.1) is 13.8 Å². The molecule has 0 aliphatic carbocycles. The van der Waals surface area contributed by atoms with Crippen molar-refractivity contribution in [1.29, 1.82) is 0 Å². The summed E-state index contributed by atoms with van der Waals surface area (Å²) in [4.78, 5) is 31.2. The van der Waals surface area contributed by atoms with E-state index in [-0.39, 0.29) is 17.0 Å². The smallest absolute Gasteiger partial charge is 0.271 e. The van der Waals surface area contributed by atoms with Crippen LogP contribution in [-0.4, -0.2) is 15.3 Å². The molecule has 2 aromatic heterocycles. The number of nitrogens with zero attached hydrogens (tertiary/aromatic N) is 2. The number of hydrogen-bond donors (Lipinski definition) is 1. The first-order valence-electron chi connectivity index (χ1n) is 9.84. The van der Waals surface area contributed by atoms with Gasteiger partial charge in [-0.3, -0.25) is 14.0 Å². The molecule has 152 valence electrons. The summed E-state index contributed by atoms with van der Waals surface area (Å²) in [6.45, 7) is 8.12. The number of nitrogens with one attached hydrogen (secondary N) is 1. The molecule has 0 unspecified atom stereocenters. The van der Waals surface area contributed by atoms with Gasteiger partial charge in [0.25, 0.3) is 11.5 Å². The highest BCUT2D eigenvalue weighted by Crippen LogP contribution is 2.28. The zero-order valence-corrected chi connectivity index (χ0v) is 18.2. The molecule has 0 radical (unpaired) electrons. The molecular weight excluding hydrogens is 394 g/mol. The van der Waals surface area contributed by atoms with Gasteiger partial charge in [-0.1, -0.05) is 61.9 Å². The highest BCUT2D eigenvalue weighted by molar-refractivity contribution is 7.15. The molecule has 5 nitrogen and oxygen atoms in total. The minimum atomic E-state index is -0.445. The Bertz CT molecular complexity index is 1300.